The Morgan fingerprint density at radius 2 is 2.12 bits per heavy atom. The van der Waals surface area contributed by atoms with Crippen molar-refractivity contribution in [1.82, 2.24) is 5.32 Å². The molecule has 1 atom stereocenters. The van der Waals surface area contributed by atoms with Crippen LogP contribution in [-0.4, -0.2) is 23.7 Å². The minimum Gasteiger partial charge on any atom is -0.394 e. The van der Waals surface area contributed by atoms with Crippen molar-refractivity contribution in [2.45, 2.75) is 19.4 Å². The van der Waals surface area contributed by atoms with Gasteiger partial charge in [-0.25, -0.2) is 0 Å². The predicted octanol–water partition coefficient (Wildman–Crippen LogP) is 0.729. The van der Waals surface area contributed by atoms with Crippen molar-refractivity contribution in [3.63, 3.8) is 0 Å². The quantitative estimate of drug-likeness (QED) is 0.730. The van der Waals surface area contributed by atoms with Crippen molar-refractivity contribution < 1.29 is 9.90 Å². The molecule has 0 aliphatic rings. The number of rotatable bonds is 4. The van der Waals surface area contributed by atoms with Gasteiger partial charge in [0.05, 0.1) is 12.6 Å². The van der Waals surface area contributed by atoms with Crippen LogP contribution in [0.5, 0.6) is 0 Å². The number of benzene rings is 1. The van der Waals surface area contributed by atoms with Crippen LogP contribution in [0.3, 0.4) is 0 Å². The molecule has 1 rings (SSSR count). The Bertz CT molecular complexity index is 389. The predicted molar refractivity (Wildman–Crippen MR) is 62.6 cm³/mol. The number of carbonyl (C=O) groups excluding carboxylic acids is 1. The molecule has 2 N–H and O–H groups in total. The number of aliphatic hydroxyl groups is 1. The standard InChI is InChI=1S/C13H15NO2/c1-2-6-13(16)14-12(10-15)9-11-7-4-3-5-8-11/h3-5,7-8,12,15H,9-10H2,1H3,(H,14,16). The number of nitrogens with one attached hydrogen (secondary N) is 1. The summed E-state index contributed by atoms with van der Waals surface area (Å²) in [6.45, 7) is 1.51. The lowest BCUT2D eigenvalue weighted by molar-refractivity contribution is -0.116. The molecule has 0 heterocycles. The fourth-order valence-electron chi connectivity index (χ4n) is 1.39. The molecular weight excluding hydrogens is 202 g/mol. The second kappa shape index (κ2) is 6.65. The third kappa shape index (κ3) is 4.16. The van der Waals surface area contributed by atoms with E-state index in [9.17, 15) is 4.79 Å². The highest BCUT2D eigenvalue weighted by Crippen LogP contribution is 2.02. The second-order valence-corrected chi connectivity index (χ2v) is 3.42. The van der Waals surface area contributed by atoms with Gasteiger partial charge in [-0.1, -0.05) is 36.3 Å². The van der Waals surface area contributed by atoms with Gasteiger partial charge in [0.15, 0.2) is 0 Å². The summed E-state index contributed by atoms with van der Waals surface area (Å²) in [6, 6.07) is 9.42. The van der Waals surface area contributed by atoms with Crippen LogP contribution in [-0.2, 0) is 11.2 Å². The van der Waals surface area contributed by atoms with E-state index in [1.54, 1.807) is 6.92 Å². The summed E-state index contributed by atoms with van der Waals surface area (Å²) in [5.74, 6) is 4.55. The lowest BCUT2D eigenvalue weighted by Crippen LogP contribution is -2.38. The number of hydrogen-bond donors (Lipinski definition) is 2. The lowest BCUT2D eigenvalue weighted by atomic mass is 10.1. The van der Waals surface area contributed by atoms with E-state index >= 15 is 0 Å². The highest BCUT2D eigenvalue weighted by atomic mass is 16.3. The molecule has 0 bridgehead atoms. The van der Waals surface area contributed by atoms with Crippen molar-refractivity contribution in [1.29, 1.82) is 0 Å². The van der Waals surface area contributed by atoms with Gasteiger partial charge in [0, 0.05) is 0 Å². The molecule has 0 aliphatic heterocycles. The molecule has 16 heavy (non-hydrogen) atoms. The van der Waals surface area contributed by atoms with E-state index in [1.165, 1.54) is 0 Å². The summed E-state index contributed by atoms with van der Waals surface area (Å²) in [5.41, 5.74) is 1.08. The van der Waals surface area contributed by atoms with Gasteiger partial charge in [0.1, 0.15) is 0 Å². The molecule has 84 valence electrons. The van der Waals surface area contributed by atoms with Gasteiger partial charge in [0.25, 0.3) is 5.91 Å². The smallest absolute Gasteiger partial charge is 0.296 e. The Hall–Kier alpha value is -1.79. The van der Waals surface area contributed by atoms with Crippen molar-refractivity contribution >= 4 is 5.91 Å². The van der Waals surface area contributed by atoms with Crippen LogP contribution in [0.1, 0.15) is 12.5 Å². The zero-order chi connectivity index (χ0) is 11.8. The van der Waals surface area contributed by atoms with E-state index in [4.69, 9.17) is 5.11 Å². The van der Waals surface area contributed by atoms with Crippen molar-refractivity contribution in [3.8, 4) is 11.8 Å². The van der Waals surface area contributed by atoms with Crippen LogP contribution < -0.4 is 5.32 Å². The zero-order valence-electron chi connectivity index (χ0n) is 9.23. The van der Waals surface area contributed by atoms with E-state index in [-0.39, 0.29) is 18.6 Å². The molecule has 0 aromatic heterocycles. The average Bonchev–Trinajstić information content (AvgIpc) is 2.30. The summed E-state index contributed by atoms with van der Waals surface area (Å²) in [6.07, 6.45) is 0.606. The molecular formula is C13H15NO2. The Morgan fingerprint density at radius 3 is 2.69 bits per heavy atom. The van der Waals surface area contributed by atoms with E-state index in [0.29, 0.717) is 6.42 Å². The van der Waals surface area contributed by atoms with Gasteiger partial charge in [-0.3, -0.25) is 4.79 Å². The number of carbonyl (C=O) groups is 1. The summed E-state index contributed by atoms with van der Waals surface area (Å²) in [5, 5.41) is 11.8. The molecule has 0 aliphatic carbocycles. The summed E-state index contributed by atoms with van der Waals surface area (Å²) in [4.78, 5) is 11.2. The molecule has 1 amide bonds. The van der Waals surface area contributed by atoms with E-state index in [1.807, 2.05) is 30.3 Å². The highest BCUT2D eigenvalue weighted by Gasteiger charge is 2.10. The molecule has 1 aromatic rings. The lowest BCUT2D eigenvalue weighted by Gasteiger charge is -2.14. The zero-order valence-corrected chi connectivity index (χ0v) is 9.23. The van der Waals surface area contributed by atoms with E-state index < -0.39 is 0 Å². The third-order valence-corrected chi connectivity index (χ3v) is 2.12. The number of aliphatic hydroxyl groups excluding tert-OH is 1. The van der Waals surface area contributed by atoms with Gasteiger partial charge >= 0.3 is 0 Å². The monoisotopic (exact) mass is 217 g/mol. The molecule has 3 nitrogen and oxygen atoms in total. The molecule has 0 saturated carbocycles. The summed E-state index contributed by atoms with van der Waals surface area (Å²) >= 11 is 0. The van der Waals surface area contributed by atoms with Gasteiger partial charge in [0.2, 0.25) is 0 Å². The van der Waals surface area contributed by atoms with Crippen LogP contribution in [0, 0.1) is 11.8 Å². The maximum Gasteiger partial charge on any atom is 0.296 e. The second-order valence-electron chi connectivity index (χ2n) is 3.42. The third-order valence-electron chi connectivity index (χ3n) is 2.12. The van der Waals surface area contributed by atoms with Crippen molar-refractivity contribution in [3.05, 3.63) is 35.9 Å². The van der Waals surface area contributed by atoms with Crippen LogP contribution >= 0.6 is 0 Å². The topological polar surface area (TPSA) is 49.3 Å². The van der Waals surface area contributed by atoms with Crippen molar-refractivity contribution in [2.24, 2.45) is 0 Å². The highest BCUT2D eigenvalue weighted by molar-refractivity contribution is 5.93. The molecule has 3 heteroatoms. The molecule has 1 unspecified atom stereocenters. The average molecular weight is 217 g/mol. The van der Waals surface area contributed by atoms with Gasteiger partial charge < -0.3 is 10.4 Å². The number of amides is 1. The van der Waals surface area contributed by atoms with Crippen LogP contribution in [0.25, 0.3) is 0 Å². The van der Waals surface area contributed by atoms with Crippen LogP contribution in [0.2, 0.25) is 0 Å². The number of hydrogen-bond acceptors (Lipinski definition) is 2. The minimum atomic E-state index is -0.350. The fraction of sp³-hybridized carbons (Fsp3) is 0.308. The van der Waals surface area contributed by atoms with Gasteiger partial charge in [-0.15, -0.1) is 0 Å². The first-order chi connectivity index (χ1) is 7.76. The Balaban J connectivity index is 2.55. The van der Waals surface area contributed by atoms with Crippen LogP contribution in [0.4, 0.5) is 0 Å². The Labute approximate surface area is 95.5 Å². The first kappa shape index (κ1) is 12.3. The first-order valence-electron chi connectivity index (χ1n) is 5.14. The normalized spacial score (nSPS) is 11.1. The maximum absolute atomic E-state index is 11.2. The summed E-state index contributed by atoms with van der Waals surface area (Å²) < 4.78 is 0. The van der Waals surface area contributed by atoms with E-state index in [0.717, 1.165) is 5.56 Å². The van der Waals surface area contributed by atoms with E-state index in [2.05, 4.69) is 17.2 Å². The Morgan fingerprint density at radius 1 is 1.44 bits per heavy atom. The fourth-order valence-corrected chi connectivity index (χ4v) is 1.39. The largest absolute Gasteiger partial charge is 0.394 e. The Kier molecular flexibility index (Phi) is 5.10. The first-order valence-corrected chi connectivity index (χ1v) is 5.14. The SMILES string of the molecule is CC#CC(=O)NC(CO)Cc1ccccc1. The molecule has 0 fully saturated rings. The molecule has 1 aromatic carbocycles. The van der Waals surface area contributed by atoms with Gasteiger partial charge in [-0.2, -0.15) is 0 Å². The molecule has 0 radical (unpaired) electrons. The maximum atomic E-state index is 11.2. The van der Waals surface area contributed by atoms with Gasteiger partial charge in [-0.05, 0) is 24.8 Å². The minimum absolute atomic E-state index is 0.0912. The molecule has 0 spiro atoms. The van der Waals surface area contributed by atoms with Crippen LogP contribution in [0.15, 0.2) is 30.3 Å². The summed E-state index contributed by atoms with van der Waals surface area (Å²) in [7, 11) is 0. The molecule has 0 saturated heterocycles. The van der Waals surface area contributed by atoms with Crippen molar-refractivity contribution in [2.75, 3.05) is 6.61 Å².